The maximum absolute atomic E-state index is 13.1. The Bertz CT molecular complexity index is 1170. The number of anilines is 1. The summed E-state index contributed by atoms with van der Waals surface area (Å²) in [6.07, 6.45) is 2.76. The molecule has 168 valence electrons. The second kappa shape index (κ2) is 9.46. The molecule has 0 aliphatic heterocycles. The molecule has 0 saturated carbocycles. The highest BCUT2D eigenvalue weighted by molar-refractivity contribution is 7.94. The second-order valence-electron chi connectivity index (χ2n) is 7.52. The first-order chi connectivity index (χ1) is 14.5. The molecular weight excluding hydrogens is 483 g/mol. The fraction of sp³-hybridized carbons (Fsp3) is 0.421. The number of nitrogens with zero attached hydrogens (tertiary/aromatic N) is 6. The molecule has 0 N–H and O–H groups in total. The molecule has 0 radical (unpaired) electrons. The van der Waals surface area contributed by atoms with E-state index in [0.717, 1.165) is 6.54 Å². The van der Waals surface area contributed by atoms with E-state index in [9.17, 15) is 8.42 Å². The molecule has 0 fully saturated rings. The molecule has 0 aliphatic carbocycles. The van der Waals surface area contributed by atoms with Gasteiger partial charge in [0.15, 0.2) is 11.5 Å². The lowest BCUT2D eigenvalue weighted by atomic mass is 10.2. The van der Waals surface area contributed by atoms with Crippen molar-refractivity contribution in [2.24, 2.45) is 0 Å². The van der Waals surface area contributed by atoms with Gasteiger partial charge in [0, 0.05) is 35.4 Å². The van der Waals surface area contributed by atoms with Crippen molar-refractivity contribution in [3.63, 3.8) is 0 Å². The third-order valence-corrected chi connectivity index (χ3v) is 7.73. The minimum atomic E-state index is -4.20. The number of rotatable bonds is 8. The van der Waals surface area contributed by atoms with Gasteiger partial charge in [0.1, 0.15) is 11.2 Å². The van der Waals surface area contributed by atoms with E-state index >= 15 is 0 Å². The van der Waals surface area contributed by atoms with Crippen LogP contribution in [0.1, 0.15) is 27.7 Å². The van der Waals surface area contributed by atoms with Gasteiger partial charge < -0.3 is 0 Å². The van der Waals surface area contributed by atoms with Crippen LogP contribution in [-0.2, 0) is 16.6 Å². The summed E-state index contributed by atoms with van der Waals surface area (Å²) in [6, 6.07) is 4.81. The molecule has 31 heavy (non-hydrogen) atoms. The Hall–Kier alpha value is -1.65. The smallest absolute Gasteiger partial charge is 0.281 e. The van der Waals surface area contributed by atoms with Crippen LogP contribution >= 0.6 is 35.0 Å². The van der Waals surface area contributed by atoms with Crippen molar-refractivity contribution in [2.75, 3.05) is 10.4 Å². The summed E-state index contributed by atoms with van der Waals surface area (Å²) < 4.78 is 28.4. The Morgan fingerprint density at radius 1 is 1.10 bits per heavy atom. The minimum absolute atomic E-state index is 0.00601. The Kier molecular flexibility index (Phi) is 7.32. The van der Waals surface area contributed by atoms with Crippen molar-refractivity contribution >= 4 is 61.9 Å². The summed E-state index contributed by atoms with van der Waals surface area (Å²) in [5.74, 6) is -0.00601. The van der Waals surface area contributed by atoms with Crippen molar-refractivity contribution < 1.29 is 8.42 Å². The molecule has 2 heterocycles. The van der Waals surface area contributed by atoms with Crippen LogP contribution in [0.3, 0.4) is 0 Å². The van der Waals surface area contributed by atoms with E-state index < -0.39 is 10.0 Å². The number of fused-ring (bicyclic) bond motifs is 1. The number of hydrogen-bond donors (Lipinski definition) is 0. The Morgan fingerprint density at radius 2 is 1.77 bits per heavy atom. The van der Waals surface area contributed by atoms with Gasteiger partial charge in [0.05, 0.1) is 23.2 Å². The van der Waals surface area contributed by atoms with Gasteiger partial charge in [-0.3, -0.25) is 4.90 Å². The van der Waals surface area contributed by atoms with Crippen molar-refractivity contribution in [1.29, 1.82) is 0 Å². The van der Waals surface area contributed by atoms with Crippen molar-refractivity contribution in [1.82, 2.24) is 24.6 Å². The van der Waals surface area contributed by atoms with E-state index in [1.165, 1.54) is 30.7 Å². The van der Waals surface area contributed by atoms with Gasteiger partial charge >= 0.3 is 0 Å². The predicted molar refractivity (Wildman–Crippen MR) is 124 cm³/mol. The van der Waals surface area contributed by atoms with Crippen LogP contribution in [-0.4, -0.2) is 51.7 Å². The standard InChI is InChI=1S/C19H23Cl3N6O2S/c1-12(2)26(13(3)4)7-8-27-18-15(10-25-27)19(24-11-23-18)28(22)31(29,30)17-6-5-14(20)9-16(17)21/h5-6,9-13H,7-8H2,1-4H3. The zero-order chi connectivity index (χ0) is 22.9. The molecular formula is C19H23Cl3N6O2S. The maximum atomic E-state index is 13.1. The number of benzene rings is 1. The van der Waals surface area contributed by atoms with Gasteiger partial charge in [-0.25, -0.2) is 14.6 Å². The largest absolute Gasteiger partial charge is 0.297 e. The van der Waals surface area contributed by atoms with Crippen LogP contribution in [0.15, 0.2) is 35.6 Å². The molecule has 0 saturated heterocycles. The third kappa shape index (κ3) is 4.90. The van der Waals surface area contributed by atoms with E-state index in [-0.39, 0.29) is 15.7 Å². The van der Waals surface area contributed by atoms with Crippen molar-refractivity contribution in [2.45, 2.75) is 51.2 Å². The molecule has 0 spiro atoms. The number of sulfonamides is 1. The monoisotopic (exact) mass is 504 g/mol. The van der Waals surface area contributed by atoms with E-state index in [2.05, 4.69) is 47.7 Å². The first kappa shape index (κ1) is 24.0. The lowest BCUT2D eigenvalue weighted by Gasteiger charge is -2.30. The number of aromatic nitrogens is 4. The van der Waals surface area contributed by atoms with Gasteiger partial charge in [-0.05, 0) is 45.9 Å². The molecule has 0 unspecified atom stereocenters. The SMILES string of the molecule is CC(C)N(CCn1ncc2c(N(Cl)S(=O)(=O)c3ccc(Cl)cc3Cl)ncnc21)C(C)C. The van der Waals surface area contributed by atoms with E-state index in [1.807, 2.05) is 0 Å². The molecule has 3 rings (SSSR count). The highest BCUT2D eigenvalue weighted by atomic mass is 35.5. The summed E-state index contributed by atoms with van der Waals surface area (Å²) in [4.78, 5) is 10.5. The second-order valence-corrected chi connectivity index (χ2v) is 10.7. The van der Waals surface area contributed by atoms with E-state index in [4.69, 9.17) is 35.0 Å². The molecule has 1 aromatic carbocycles. The first-order valence-corrected chi connectivity index (χ1v) is 12.2. The molecule has 12 heteroatoms. The molecule has 0 amide bonds. The fourth-order valence-electron chi connectivity index (χ4n) is 3.39. The lowest BCUT2D eigenvalue weighted by Crippen LogP contribution is -2.39. The topological polar surface area (TPSA) is 84.2 Å². The highest BCUT2D eigenvalue weighted by Gasteiger charge is 2.29. The van der Waals surface area contributed by atoms with Crippen LogP contribution in [0.2, 0.25) is 10.0 Å². The average Bonchev–Trinajstić information content (AvgIpc) is 3.10. The summed E-state index contributed by atoms with van der Waals surface area (Å²) in [5.41, 5.74) is 0.487. The summed E-state index contributed by atoms with van der Waals surface area (Å²) >= 11 is 18.2. The minimum Gasteiger partial charge on any atom is -0.297 e. The van der Waals surface area contributed by atoms with Crippen LogP contribution in [0.4, 0.5) is 5.82 Å². The zero-order valence-corrected chi connectivity index (χ0v) is 20.6. The van der Waals surface area contributed by atoms with Crippen LogP contribution < -0.4 is 3.82 Å². The van der Waals surface area contributed by atoms with Crippen molar-refractivity contribution in [3.8, 4) is 0 Å². The summed E-state index contributed by atoms with van der Waals surface area (Å²) in [5, 5.41) is 5.06. The Labute approximate surface area is 196 Å². The predicted octanol–water partition coefficient (Wildman–Crippen LogP) is 4.60. The first-order valence-electron chi connectivity index (χ1n) is 9.62. The Balaban J connectivity index is 1.95. The number of halogens is 3. The molecule has 2 aromatic heterocycles. The number of hydrogen-bond acceptors (Lipinski definition) is 6. The molecule has 0 atom stereocenters. The Morgan fingerprint density at radius 3 is 2.39 bits per heavy atom. The molecule has 8 nitrogen and oxygen atoms in total. The highest BCUT2D eigenvalue weighted by Crippen LogP contribution is 2.33. The normalized spacial score (nSPS) is 12.5. The molecule has 0 bridgehead atoms. The van der Waals surface area contributed by atoms with Crippen LogP contribution in [0, 0.1) is 0 Å². The summed E-state index contributed by atoms with van der Waals surface area (Å²) in [7, 11) is -4.20. The average molecular weight is 506 g/mol. The fourth-order valence-corrected chi connectivity index (χ4v) is 5.54. The molecule has 0 aliphatic rings. The van der Waals surface area contributed by atoms with Gasteiger partial charge in [0.2, 0.25) is 0 Å². The maximum Gasteiger partial charge on any atom is 0.281 e. The third-order valence-electron chi connectivity index (χ3n) is 4.86. The molecule has 3 aromatic rings. The van der Waals surface area contributed by atoms with Gasteiger partial charge in [-0.15, -0.1) is 0 Å². The van der Waals surface area contributed by atoms with Crippen molar-refractivity contribution in [3.05, 3.63) is 40.8 Å². The van der Waals surface area contributed by atoms with Crippen LogP contribution in [0.25, 0.3) is 11.0 Å². The van der Waals surface area contributed by atoms with Gasteiger partial charge in [-0.1, -0.05) is 23.2 Å². The van der Waals surface area contributed by atoms with Crippen LogP contribution in [0.5, 0.6) is 0 Å². The summed E-state index contributed by atoms with van der Waals surface area (Å²) in [6.45, 7) is 9.89. The zero-order valence-electron chi connectivity index (χ0n) is 17.5. The van der Waals surface area contributed by atoms with E-state index in [1.54, 1.807) is 4.68 Å². The quantitative estimate of drug-likeness (QED) is 0.416. The van der Waals surface area contributed by atoms with Gasteiger partial charge in [0.25, 0.3) is 10.0 Å². The lowest BCUT2D eigenvalue weighted by molar-refractivity contribution is 0.167. The van der Waals surface area contributed by atoms with Gasteiger partial charge in [-0.2, -0.15) is 17.3 Å². The van der Waals surface area contributed by atoms with E-state index in [0.29, 0.717) is 38.5 Å².